The lowest BCUT2D eigenvalue weighted by Gasteiger charge is -2.26. The van der Waals surface area contributed by atoms with Gasteiger partial charge in [-0.3, -0.25) is 0 Å². The van der Waals surface area contributed by atoms with Crippen molar-refractivity contribution in [1.29, 1.82) is 0 Å². The molecule has 2 atom stereocenters. The molecule has 2 heterocycles. The van der Waals surface area contributed by atoms with Crippen molar-refractivity contribution in [2.75, 3.05) is 18.1 Å². The van der Waals surface area contributed by atoms with Crippen LogP contribution in [0.5, 0.6) is 0 Å². The average molecular weight is 271 g/mol. The first kappa shape index (κ1) is 13.3. The fourth-order valence-corrected chi connectivity index (χ4v) is 4.66. The molecule has 1 aliphatic rings. The topological polar surface area (TPSA) is 40.7 Å². The maximum atomic E-state index is 4.54. The van der Waals surface area contributed by atoms with Crippen LogP contribution in [-0.4, -0.2) is 33.3 Å². The largest absolute Gasteiger partial charge is 0.344 e. The zero-order valence-electron chi connectivity index (χ0n) is 10.5. The number of H-pyrrole nitrogens is 1. The van der Waals surface area contributed by atoms with E-state index < -0.39 is 0 Å². The second-order valence-corrected chi connectivity index (χ2v) is 7.07. The Kier molecular flexibility index (Phi) is 5.25. The molecule has 1 saturated heterocycles. The first-order chi connectivity index (χ1) is 8.31. The standard InChI is InChI=1S/C12H21N3S2/c1-3-4-13-7-10-8-14-12(15-10)11-9(2)16-5-6-17-11/h8-9,11,13H,3-7H2,1-2H3,(H,14,15). The number of aromatic nitrogens is 2. The van der Waals surface area contributed by atoms with E-state index in [1.54, 1.807) is 0 Å². The number of thioether (sulfide) groups is 2. The van der Waals surface area contributed by atoms with Crippen LogP contribution in [0.4, 0.5) is 0 Å². The van der Waals surface area contributed by atoms with Crippen molar-refractivity contribution >= 4 is 23.5 Å². The molecule has 2 rings (SSSR count). The van der Waals surface area contributed by atoms with E-state index in [9.17, 15) is 0 Å². The zero-order valence-corrected chi connectivity index (χ0v) is 12.2. The van der Waals surface area contributed by atoms with Crippen LogP contribution in [0.3, 0.4) is 0 Å². The average Bonchev–Trinajstić information content (AvgIpc) is 2.79. The van der Waals surface area contributed by atoms with Crippen molar-refractivity contribution < 1.29 is 0 Å². The Labute approximate surface area is 112 Å². The summed E-state index contributed by atoms with van der Waals surface area (Å²) in [4.78, 5) is 8.00. The molecular formula is C12H21N3S2. The van der Waals surface area contributed by atoms with E-state index in [0.29, 0.717) is 10.5 Å². The lowest BCUT2D eigenvalue weighted by Crippen LogP contribution is -2.17. The number of rotatable bonds is 5. The summed E-state index contributed by atoms with van der Waals surface area (Å²) in [6.45, 7) is 6.46. The maximum absolute atomic E-state index is 4.54. The number of hydrogen-bond acceptors (Lipinski definition) is 4. The fraction of sp³-hybridized carbons (Fsp3) is 0.750. The molecule has 96 valence electrons. The lowest BCUT2D eigenvalue weighted by atomic mass is 10.3. The van der Waals surface area contributed by atoms with Gasteiger partial charge in [-0.05, 0) is 13.0 Å². The van der Waals surface area contributed by atoms with Gasteiger partial charge in [0.15, 0.2) is 0 Å². The van der Waals surface area contributed by atoms with Gasteiger partial charge in [-0.15, -0.1) is 11.8 Å². The highest BCUT2D eigenvalue weighted by Crippen LogP contribution is 2.40. The third kappa shape index (κ3) is 3.66. The summed E-state index contributed by atoms with van der Waals surface area (Å²) in [6.07, 6.45) is 3.15. The Balaban J connectivity index is 1.92. The van der Waals surface area contributed by atoms with Gasteiger partial charge in [0.1, 0.15) is 5.82 Å². The summed E-state index contributed by atoms with van der Waals surface area (Å²) >= 11 is 4.09. The number of aromatic amines is 1. The second-order valence-electron chi connectivity index (χ2n) is 4.34. The summed E-state index contributed by atoms with van der Waals surface area (Å²) in [5.74, 6) is 3.67. The Morgan fingerprint density at radius 3 is 3.06 bits per heavy atom. The molecule has 1 fully saturated rings. The highest BCUT2D eigenvalue weighted by atomic mass is 32.2. The van der Waals surface area contributed by atoms with E-state index in [0.717, 1.165) is 18.9 Å². The highest BCUT2D eigenvalue weighted by Gasteiger charge is 2.26. The van der Waals surface area contributed by atoms with Crippen molar-refractivity contribution in [3.63, 3.8) is 0 Å². The molecule has 2 N–H and O–H groups in total. The number of imidazole rings is 1. The fourth-order valence-electron chi connectivity index (χ4n) is 1.94. The quantitative estimate of drug-likeness (QED) is 0.808. The Morgan fingerprint density at radius 1 is 1.47 bits per heavy atom. The molecule has 0 aliphatic carbocycles. The SMILES string of the molecule is CCCNCc1cnc(C2SCCSC2C)[nH]1. The summed E-state index contributed by atoms with van der Waals surface area (Å²) in [7, 11) is 0. The summed E-state index contributed by atoms with van der Waals surface area (Å²) < 4.78 is 0. The van der Waals surface area contributed by atoms with Crippen LogP contribution >= 0.6 is 23.5 Å². The molecule has 0 bridgehead atoms. The summed E-state index contributed by atoms with van der Waals surface area (Å²) in [6, 6.07) is 0. The summed E-state index contributed by atoms with van der Waals surface area (Å²) in [5.41, 5.74) is 1.21. The minimum Gasteiger partial charge on any atom is -0.344 e. The molecule has 0 saturated carbocycles. The normalized spacial score (nSPS) is 25.1. The Hall–Kier alpha value is -0.130. The van der Waals surface area contributed by atoms with E-state index in [4.69, 9.17) is 0 Å². The van der Waals surface area contributed by atoms with Crippen LogP contribution in [0.25, 0.3) is 0 Å². The number of hydrogen-bond donors (Lipinski definition) is 2. The van der Waals surface area contributed by atoms with E-state index in [-0.39, 0.29) is 0 Å². The molecule has 1 aliphatic heterocycles. The maximum Gasteiger partial charge on any atom is 0.120 e. The van der Waals surface area contributed by atoms with Gasteiger partial charge in [-0.2, -0.15) is 11.8 Å². The highest BCUT2D eigenvalue weighted by molar-refractivity contribution is 8.06. The summed E-state index contributed by atoms with van der Waals surface area (Å²) in [5, 5.41) is 4.59. The monoisotopic (exact) mass is 271 g/mol. The van der Waals surface area contributed by atoms with Crippen LogP contribution < -0.4 is 5.32 Å². The van der Waals surface area contributed by atoms with Gasteiger partial charge in [0.25, 0.3) is 0 Å². The lowest BCUT2D eigenvalue weighted by molar-refractivity contribution is 0.664. The Morgan fingerprint density at radius 2 is 2.29 bits per heavy atom. The van der Waals surface area contributed by atoms with Gasteiger partial charge in [0.05, 0.1) is 5.25 Å². The third-order valence-electron chi connectivity index (χ3n) is 2.85. The van der Waals surface area contributed by atoms with Crippen LogP contribution in [0, 0.1) is 0 Å². The number of nitrogens with zero attached hydrogens (tertiary/aromatic N) is 1. The Bertz CT molecular complexity index is 340. The van der Waals surface area contributed by atoms with Crippen molar-refractivity contribution in [3.05, 3.63) is 17.7 Å². The van der Waals surface area contributed by atoms with Crippen LogP contribution in [0.1, 0.15) is 37.0 Å². The van der Waals surface area contributed by atoms with Gasteiger partial charge in [-0.25, -0.2) is 4.98 Å². The third-order valence-corrected chi connectivity index (χ3v) is 5.95. The van der Waals surface area contributed by atoms with Gasteiger partial charge >= 0.3 is 0 Å². The second kappa shape index (κ2) is 6.71. The molecule has 17 heavy (non-hydrogen) atoms. The van der Waals surface area contributed by atoms with Crippen LogP contribution in [-0.2, 0) is 6.54 Å². The molecule has 5 heteroatoms. The minimum absolute atomic E-state index is 0.536. The predicted octanol–water partition coefficient (Wildman–Crippen LogP) is 2.82. The van der Waals surface area contributed by atoms with Gasteiger partial charge in [0.2, 0.25) is 0 Å². The smallest absolute Gasteiger partial charge is 0.120 e. The van der Waals surface area contributed by atoms with Gasteiger partial charge in [0, 0.05) is 35.2 Å². The van der Waals surface area contributed by atoms with E-state index in [1.165, 1.54) is 23.6 Å². The van der Waals surface area contributed by atoms with Crippen molar-refractivity contribution in [2.24, 2.45) is 0 Å². The molecule has 3 nitrogen and oxygen atoms in total. The van der Waals surface area contributed by atoms with E-state index >= 15 is 0 Å². The van der Waals surface area contributed by atoms with Gasteiger partial charge in [-0.1, -0.05) is 13.8 Å². The molecule has 1 aromatic rings. The van der Waals surface area contributed by atoms with E-state index in [1.807, 2.05) is 18.0 Å². The van der Waals surface area contributed by atoms with E-state index in [2.05, 4.69) is 40.9 Å². The molecule has 0 aromatic carbocycles. The van der Waals surface area contributed by atoms with Crippen LogP contribution in [0.15, 0.2) is 6.20 Å². The molecule has 2 unspecified atom stereocenters. The first-order valence-corrected chi connectivity index (χ1v) is 8.38. The minimum atomic E-state index is 0.536. The molecule has 0 radical (unpaired) electrons. The van der Waals surface area contributed by atoms with Gasteiger partial charge < -0.3 is 10.3 Å². The molecule has 1 aromatic heterocycles. The molecule has 0 amide bonds. The zero-order chi connectivity index (χ0) is 12.1. The predicted molar refractivity (Wildman–Crippen MR) is 77.7 cm³/mol. The molecular weight excluding hydrogens is 250 g/mol. The van der Waals surface area contributed by atoms with Crippen molar-refractivity contribution in [1.82, 2.24) is 15.3 Å². The van der Waals surface area contributed by atoms with Crippen molar-refractivity contribution in [3.8, 4) is 0 Å². The van der Waals surface area contributed by atoms with Crippen molar-refractivity contribution in [2.45, 2.75) is 37.3 Å². The first-order valence-electron chi connectivity index (χ1n) is 6.29. The van der Waals surface area contributed by atoms with Crippen LogP contribution in [0.2, 0.25) is 0 Å². The molecule has 0 spiro atoms. The number of nitrogens with one attached hydrogen (secondary N) is 2.